The average Bonchev–Trinajstić information content (AvgIpc) is 3.65. The minimum Gasteiger partial charge on any atom is -0.458 e. The van der Waals surface area contributed by atoms with Gasteiger partial charge in [0.05, 0.1) is 34.7 Å². The van der Waals surface area contributed by atoms with Gasteiger partial charge in [-0.15, -0.1) is 0 Å². The maximum Gasteiger partial charge on any atom is 0.340 e. The van der Waals surface area contributed by atoms with Crippen LogP contribution in [0.5, 0.6) is 11.5 Å². The van der Waals surface area contributed by atoms with Crippen LogP contribution in [0.25, 0.3) is 22.3 Å². The van der Waals surface area contributed by atoms with E-state index in [9.17, 15) is 9.59 Å². The van der Waals surface area contributed by atoms with Crippen molar-refractivity contribution in [3.05, 3.63) is 44.7 Å². The van der Waals surface area contributed by atoms with Gasteiger partial charge in [-0.25, -0.2) is 9.78 Å². The van der Waals surface area contributed by atoms with Crippen molar-refractivity contribution < 1.29 is 23.7 Å². The number of pyridine rings is 2. The minimum atomic E-state index is -0.930. The van der Waals surface area contributed by atoms with Crippen molar-refractivity contribution in [2.75, 3.05) is 19.6 Å². The lowest BCUT2D eigenvalue weighted by Gasteiger charge is -2.24. The Bertz CT molecular complexity index is 1410. The molecule has 6 rings (SSSR count). The maximum atomic E-state index is 13.4. The van der Waals surface area contributed by atoms with Gasteiger partial charge in [-0.3, -0.25) is 4.79 Å². The van der Waals surface area contributed by atoms with Crippen molar-refractivity contribution in [2.45, 2.75) is 101 Å². The summed E-state index contributed by atoms with van der Waals surface area (Å²) >= 11 is 0. The Balaban J connectivity index is 0.000000679. The van der Waals surface area contributed by atoms with Crippen LogP contribution in [0.3, 0.4) is 0 Å². The summed E-state index contributed by atoms with van der Waals surface area (Å²) in [5.74, 6) is 0.615. The van der Waals surface area contributed by atoms with Crippen molar-refractivity contribution in [3.63, 3.8) is 0 Å². The van der Waals surface area contributed by atoms with Crippen LogP contribution >= 0.6 is 0 Å². The van der Waals surface area contributed by atoms with Gasteiger partial charge < -0.3 is 29.2 Å². The van der Waals surface area contributed by atoms with Gasteiger partial charge in [0.2, 0.25) is 6.79 Å². The number of carbonyl (C=O) groups excluding carboxylic acids is 1. The first-order valence-corrected chi connectivity index (χ1v) is 15.0. The zero-order valence-electron chi connectivity index (χ0n) is 26.4. The summed E-state index contributed by atoms with van der Waals surface area (Å²) in [6, 6.07) is 3.69. The van der Waals surface area contributed by atoms with Crippen LogP contribution in [-0.4, -0.2) is 29.4 Å². The molecule has 3 aliphatic rings. The Kier molecular flexibility index (Phi) is 12.6. The lowest BCUT2D eigenvalue weighted by molar-refractivity contribution is -0.159. The fraction of sp³-hybridized carbons (Fsp3) is 0.531. The van der Waals surface area contributed by atoms with E-state index in [2.05, 4.69) is 6.92 Å². The molecule has 0 saturated carbocycles. The van der Waals surface area contributed by atoms with Crippen LogP contribution < -0.4 is 20.8 Å². The Morgan fingerprint density at radius 1 is 1.00 bits per heavy atom. The quantitative estimate of drug-likeness (QED) is 0.208. The number of benzene rings is 1. The van der Waals surface area contributed by atoms with Crippen molar-refractivity contribution in [2.24, 2.45) is 0 Å². The molecule has 0 amide bonds. The summed E-state index contributed by atoms with van der Waals surface area (Å²) in [6.45, 7) is 18.6. The first kappa shape index (κ1) is 33.6. The van der Waals surface area contributed by atoms with Gasteiger partial charge in [0.1, 0.15) is 6.61 Å². The Labute approximate surface area is 244 Å². The molecule has 1 unspecified atom stereocenters. The molecule has 41 heavy (non-hydrogen) atoms. The highest BCUT2D eigenvalue weighted by Gasteiger charge is 2.36. The zero-order valence-corrected chi connectivity index (χ0v) is 26.4. The third kappa shape index (κ3) is 5.91. The SMILES string of the molecule is CC.CC.CC.CC.CCCCc1c2c(nc3cc4c(c(N)c13)OCO4)-c1cc3c(c(=O)n1C2)COC(=O)C3OC. The van der Waals surface area contributed by atoms with Gasteiger partial charge >= 0.3 is 5.97 Å². The standard InChI is InChI=1S/C24H23N3O6.4C2H6/c1-3-4-5-11-13-8-27-16(6-12-14(23(27)28)9-31-24(29)21(12)30-2)20(13)26-15-7-17-22(33-10-32-17)19(25)18(11)15;4*1-2/h6-7,21H,3-5,8-10,25H2,1-2H3;4*1-2H3. The molecule has 226 valence electrons. The van der Waals surface area contributed by atoms with Crippen LogP contribution in [-0.2, 0) is 33.8 Å². The summed E-state index contributed by atoms with van der Waals surface area (Å²) in [4.78, 5) is 30.6. The number of nitrogens with zero attached hydrogens (tertiary/aromatic N) is 2. The number of hydrogen-bond acceptors (Lipinski definition) is 8. The summed E-state index contributed by atoms with van der Waals surface area (Å²) in [5.41, 5.74) is 12.0. The van der Waals surface area contributed by atoms with Gasteiger partial charge in [-0.05, 0) is 24.5 Å². The second-order valence-corrected chi connectivity index (χ2v) is 8.52. The Hall–Kier alpha value is -3.59. The molecule has 2 aromatic heterocycles. The van der Waals surface area contributed by atoms with E-state index in [1.807, 2.05) is 67.5 Å². The molecule has 0 radical (unpaired) electrons. The number of hydrogen-bond donors (Lipinski definition) is 1. The lowest BCUT2D eigenvalue weighted by Crippen LogP contribution is -2.33. The maximum absolute atomic E-state index is 13.4. The third-order valence-electron chi connectivity index (χ3n) is 6.73. The smallest absolute Gasteiger partial charge is 0.340 e. The molecule has 0 saturated heterocycles. The first-order valence-electron chi connectivity index (χ1n) is 15.0. The number of ether oxygens (including phenoxy) is 4. The topological polar surface area (TPSA) is 115 Å². The summed E-state index contributed by atoms with van der Waals surface area (Å²) in [7, 11) is 1.43. The lowest BCUT2D eigenvalue weighted by atomic mass is 9.94. The molecule has 3 aromatic rings. The van der Waals surface area contributed by atoms with Gasteiger partial charge in [0.25, 0.3) is 5.56 Å². The number of aromatic nitrogens is 2. The Morgan fingerprint density at radius 3 is 2.32 bits per heavy atom. The van der Waals surface area contributed by atoms with Crippen molar-refractivity contribution in [3.8, 4) is 22.9 Å². The fourth-order valence-corrected chi connectivity index (χ4v) is 5.12. The second-order valence-electron chi connectivity index (χ2n) is 8.52. The monoisotopic (exact) mass is 569 g/mol. The van der Waals surface area contributed by atoms with Gasteiger partial charge in [-0.1, -0.05) is 68.7 Å². The fourth-order valence-electron chi connectivity index (χ4n) is 5.12. The molecule has 5 heterocycles. The molecule has 0 spiro atoms. The van der Waals surface area contributed by atoms with E-state index in [1.165, 1.54) is 7.11 Å². The molecule has 3 aliphatic heterocycles. The van der Waals surface area contributed by atoms with E-state index in [0.717, 1.165) is 41.5 Å². The summed E-state index contributed by atoms with van der Waals surface area (Å²) < 4.78 is 23.4. The number of anilines is 1. The van der Waals surface area contributed by atoms with Crippen LogP contribution in [0.15, 0.2) is 16.9 Å². The summed E-state index contributed by atoms with van der Waals surface area (Å²) in [5, 5.41) is 0.852. The third-order valence-corrected chi connectivity index (χ3v) is 6.73. The normalized spacial score (nSPS) is 14.8. The number of carbonyl (C=O) groups is 1. The number of nitrogens with two attached hydrogens (primary N) is 1. The van der Waals surface area contributed by atoms with Crippen LogP contribution in [0.2, 0.25) is 0 Å². The zero-order chi connectivity index (χ0) is 30.9. The molecule has 0 bridgehead atoms. The molecule has 1 aromatic carbocycles. The van der Waals surface area contributed by atoms with Crippen LogP contribution in [0.1, 0.15) is 104 Å². The Morgan fingerprint density at radius 2 is 1.68 bits per heavy atom. The number of cyclic esters (lactones) is 1. The number of aryl methyl sites for hydroxylation is 1. The van der Waals surface area contributed by atoms with E-state index in [4.69, 9.17) is 29.7 Å². The van der Waals surface area contributed by atoms with Gasteiger partial charge in [0, 0.05) is 29.7 Å². The largest absolute Gasteiger partial charge is 0.458 e. The predicted octanol–water partition coefficient (Wildman–Crippen LogP) is 6.93. The van der Waals surface area contributed by atoms with Gasteiger partial charge in [0.15, 0.2) is 17.6 Å². The molecule has 9 heteroatoms. The van der Waals surface area contributed by atoms with Gasteiger partial charge in [-0.2, -0.15) is 0 Å². The molecule has 0 aliphatic carbocycles. The number of unbranched alkanes of at least 4 members (excludes halogenated alkanes) is 1. The van der Waals surface area contributed by atoms with Crippen molar-refractivity contribution >= 4 is 22.6 Å². The second kappa shape index (κ2) is 15.4. The van der Waals surface area contributed by atoms with Crippen LogP contribution in [0.4, 0.5) is 5.69 Å². The molecule has 9 nitrogen and oxygen atoms in total. The highest BCUT2D eigenvalue weighted by molar-refractivity contribution is 6.01. The highest BCUT2D eigenvalue weighted by atomic mass is 16.7. The molecular formula is C32H47N3O6. The highest BCUT2D eigenvalue weighted by Crippen LogP contribution is 2.47. The van der Waals surface area contributed by atoms with Crippen LogP contribution in [0, 0.1) is 0 Å². The molecular weight excluding hydrogens is 522 g/mol. The van der Waals surface area contributed by atoms with E-state index < -0.39 is 12.1 Å². The van der Waals surface area contributed by atoms with E-state index >= 15 is 0 Å². The van der Waals surface area contributed by atoms with E-state index in [-0.39, 0.29) is 19.0 Å². The number of rotatable bonds is 4. The van der Waals surface area contributed by atoms with Crippen molar-refractivity contribution in [1.29, 1.82) is 0 Å². The summed E-state index contributed by atoms with van der Waals surface area (Å²) in [6.07, 6.45) is 1.85. The first-order chi connectivity index (χ1) is 20.0. The molecule has 2 N–H and O–H groups in total. The number of esters is 1. The minimum absolute atomic E-state index is 0.0596. The van der Waals surface area contributed by atoms with E-state index in [1.54, 1.807) is 4.57 Å². The predicted molar refractivity (Wildman–Crippen MR) is 165 cm³/mol. The average molecular weight is 570 g/mol. The molecule has 0 fully saturated rings. The number of fused-ring (bicyclic) bond motifs is 6. The van der Waals surface area contributed by atoms with Crippen molar-refractivity contribution in [1.82, 2.24) is 9.55 Å². The number of methoxy groups -OCH3 is 1. The molecule has 1 atom stereocenters. The number of nitrogen functional groups attached to an aromatic ring is 1. The van der Waals surface area contributed by atoms with E-state index in [0.29, 0.717) is 46.1 Å².